The van der Waals surface area contributed by atoms with Crippen LogP contribution in [0.5, 0.6) is 0 Å². The van der Waals surface area contributed by atoms with Crippen molar-refractivity contribution in [2.45, 2.75) is 39.5 Å². The largest absolute Gasteiger partial charge is 0.341 e. The van der Waals surface area contributed by atoms with Gasteiger partial charge >= 0.3 is 0 Å². The van der Waals surface area contributed by atoms with Crippen LogP contribution in [0.4, 0.5) is 11.6 Å². The summed E-state index contributed by atoms with van der Waals surface area (Å²) < 4.78 is 3.88. The van der Waals surface area contributed by atoms with E-state index in [0.29, 0.717) is 10.6 Å². The first-order chi connectivity index (χ1) is 11.7. The van der Waals surface area contributed by atoms with Gasteiger partial charge in [-0.1, -0.05) is 24.8 Å². The zero-order valence-corrected chi connectivity index (χ0v) is 14.8. The maximum atomic E-state index is 12.3. The average Bonchev–Trinajstić information content (AvgIpc) is 3.05. The Morgan fingerprint density at radius 1 is 1.33 bits per heavy atom. The second kappa shape index (κ2) is 7.65. The number of piperidine rings is 1. The molecule has 1 amide bonds. The van der Waals surface area contributed by atoms with Crippen LogP contribution in [0.25, 0.3) is 0 Å². The molecular formula is C16H22N6OS. The smallest absolute Gasteiger partial charge is 0.269 e. The van der Waals surface area contributed by atoms with Crippen LogP contribution in [-0.2, 0) is 6.42 Å². The van der Waals surface area contributed by atoms with E-state index >= 15 is 0 Å². The fourth-order valence-electron chi connectivity index (χ4n) is 2.73. The van der Waals surface area contributed by atoms with E-state index in [4.69, 9.17) is 0 Å². The van der Waals surface area contributed by atoms with Gasteiger partial charge in [0.25, 0.3) is 5.91 Å². The summed E-state index contributed by atoms with van der Waals surface area (Å²) in [5.74, 6) is 1.30. The van der Waals surface area contributed by atoms with Crippen LogP contribution in [0.1, 0.15) is 48.5 Å². The number of carbonyl (C=O) groups is 1. The molecule has 0 unspecified atom stereocenters. The predicted octanol–water partition coefficient (Wildman–Crippen LogP) is 2.77. The number of nitrogens with zero attached hydrogens (tertiary/aromatic N) is 5. The van der Waals surface area contributed by atoms with Gasteiger partial charge in [-0.3, -0.25) is 4.79 Å². The summed E-state index contributed by atoms with van der Waals surface area (Å²) in [4.78, 5) is 23.9. The van der Waals surface area contributed by atoms with Crippen LogP contribution in [0.15, 0.2) is 12.4 Å². The Hall–Kier alpha value is -2.09. The zero-order valence-electron chi connectivity index (χ0n) is 14.0. The number of amides is 1. The van der Waals surface area contributed by atoms with E-state index in [0.717, 1.165) is 55.0 Å². The Labute approximate surface area is 145 Å². The number of aromatic nitrogens is 4. The Morgan fingerprint density at radius 2 is 2.04 bits per heavy atom. The summed E-state index contributed by atoms with van der Waals surface area (Å²) in [7, 11) is 0. The van der Waals surface area contributed by atoms with Crippen molar-refractivity contribution in [2.75, 3.05) is 23.3 Å². The molecule has 128 valence electrons. The van der Waals surface area contributed by atoms with Crippen molar-refractivity contribution in [2.24, 2.45) is 5.92 Å². The van der Waals surface area contributed by atoms with Gasteiger partial charge in [0.2, 0.25) is 5.95 Å². The molecule has 1 aliphatic heterocycles. The standard InChI is InChI=1S/C16H22N6OS/c1-3-4-13-14(24-21-20-13)15(23)19-12-9-17-16(18-10-12)22-7-5-11(2)6-8-22/h9-11H,3-8H2,1-2H3,(H,19,23). The molecule has 1 saturated heterocycles. The molecule has 0 atom stereocenters. The molecule has 0 saturated carbocycles. The van der Waals surface area contributed by atoms with E-state index in [9.17, 15) is 4.79 Å². The number of hydrogen-bond acceptors (Lipinski definition) is 7. The van der Waals surface area contributed by atoms with E-state index in [1.807, 2.05) is 0 Å². The van der Waals surface area contributed by atoms with Gasteiger partial charge in [0.15, 0.2) is 0 Å². The highest BCUT2D eigenvalue weighted by molar-refractivity contribution is 7.08. The lowest BCUT2D eigenvalue weighted by Crippen LogP contribution is -2.34. The van der Waals surface area contributed by atoms with Crippen molar-refractivity contribution in [3.63, 3.8) is 0 Å². The summed E-state index contributed by atoms with van der Waals surface area (Å²) in [5.41, 5.74) is 1.34. The number of nitrogens with one attached hydrogen (secondary N) is 1. The number of rotatable bonds is 5. The zero-order chi connectivity index (χ0) is 16.9. The summed E-state index contributed by atoms with van der Waals surface area (Å²) in [6, 6.07) is 0. The Kier molecular flexibility index (Phi) is 5.34. The van der Waals surface area contributed by atoms with Crippen molar-refractivity contribution in [1.82, 2.24) is 19.6 Å². The molecule has 3 rings (SSSR count). The molecule has 1 fully saturated rings. The fourth-order valence-corrected chi connectivity index (χ4v) is 3.33. The van der Waals surface area contributed by atoms with Crippen LogP contribution in [0, 0.1) is 5.92 Å². The quantitative estimate of drug-likeness (QED) is 0.896. The summed E-state index contributed by atoms with van der Waals surface area (Å²) in [6.45, 7) is 6.30. The fraction of sp³-hybridized carbons (Fsp3) is 0.562. The van der Waals surface area contributed by atoms with Crippen LogP contribution in [0.2, 0.25) is 0 Å². The van der Waals surface area contributed by atoms with Gasteiger partial charge in [-0.05, 0) is 36.7 Å². The van der Waals surface area contributed by atoms with E-state index < -0.39 is 0 Å². The average molecular weight is 346 g/mol. The predicted molar refractivity (Wildman–Crippen MR) is 94.5 cm³/mol. The Morgan fingerprint density at radius 3 is 2.71 bits per heavy atom. The van der Waals surface area contributed by atoms with Gasteiger partial charge in [-0.2, -0.15) is 0 Å². The van der Waals surface area contributed by atoms with Crippen molar-refractivity contribution < 1.29 is 4.79 Å². The van der Waals surface area contributed by atoms with Crippen LogP contribution in [0.3, 0.4) is 0 Å². The SMILES string of the molecule is CCCc1nnsc1C(=O)Nc1cnc(N2CCC(C)CC2)nc1. The lowest BCUT2D eigenvalue weighted by Gasteiger charge is -2.30. The van der Waals surface area contributed by atoms with Crippen LogP contribution < -0.4 is 10.2 Å². The van der Waals surface area contributed by atoms with E-state index in [-0.39, 0.29) is 5.91 Å². The molecule has 0 aliphatic carbocycles. The van der Waals surface area contributed by atoms with E-state index in [1.165, 1.54) is 12.8 Å². The molecule has 1 aliphatic rings. The molecule has 2 aromatic rings. The molecule has 8 heteroatoms. The van der Waals surface area contributed by atoms with Gasteiger partial charge in [0.05, 0.1) is 23.8 Å². The molecular weight excluding hydrogens is 324 g/mol. The topological polar surface area (TPSA) is 83.9 Å². The van der Waals surface area contributed by atoms with Crippen molar-refractivity contribution in [3.05, 3.63) is 23.0 Å². The third kappa shape index (κ3) is 3.87. The van der Waals surface area contributed by atoms with Crippen molar-refractivity contribution >= 4 is 29.1 Å². The molecule has 0 radical (unpaired) electrons. The first-order valence-electron chi connectivity index (χ1n) is 8.37. The monoisotopic (exact) mass is 346 g/mol. The van der Waals surface area contributed by atoms with Gasteiger partial charge in [0.1, 0.15) is 4.88 Å². The molecule has 3 heterocycles. The summed E-state index contributed by atoms with van der Waals surface area (Å²) in [5, 5.41) is 6.85. The highest BCUT2D eigenvalue weighted by Gasteiger charge is 2.19. The normalized spacial score (nSPS) is 15.5. The van der Waals surface area contributed by atoms with Gasteiger partial charge in [0, 0.05) is 13.1 Å². The van der Waals surface area contributed by atoms with Gasteiger partial charge < -0.3 is 10.2 Å². The van der Waals surface area contributed by atoms with E-state index in [2.05, 4.69) is 43.6 Å². The lowest BCUT2D eigenvalue weighted by molar-refractivity contribution is 0.102. The van der Waals surface area contributed by atoms with Crippen molar-refractivity contribution in [3.8, 4) is 0 Å². The molecule has 0 bridgehead atoms. The first-order valence-corrected chi connectivity index (χ1v) is 9.14. The second-order valence-corrected chi connectivity index (χ2v) is 6.95. The minimum absolute atomic E-state index is 0.198. The minimum Gasteiger partial charge on any atom is -0.341 e. The number of hydrogen-bond donors (Lipinski definition) is 1. The third-order valence-corrected chi connectivity index (χ3v) is 4.98. The lowest BCUT2D eigenvalue weighted by atomic mass is 10.00. The number of anilines is 2. The Bertz CT molecular complexity index is 678. The van der Waals surface area contributed by atoms with Crippen molar-refractivity contribution in [1.29, 1.82) is 0 Å². The van der Waals surface area contributed by atoms with Gasteiger partial charge in [-0.25, -0.2) is 9.97 Å². The number of aryl methyl sites for hydroxylation is 1. The first kappa shape index (κ1) is 16.8. The van der Waals surface area contributed by atoms with Crippen LogP contribution >= 0.6 is 11.5 Å². The third-order valence-electron chi connectivity index (χ3n) is 4.21. The maximum absolute atomic E-state index is 12.3. The molecule has 2 aromatic heterocycles. The maximum Gasteiger partial charge on any atom is 0.269 e. The van der Waals surface area contributed by atoms with Gasteiger partial charge in [-0.15, -0.1) is 5.10 Å². The molecule has 24 heavy (non-hydrogen) atoms. The summed E-state index contributed by atoms with van der Waals surface area (Å²) in [6.07, 6.45) is 7.33. The van der Waals surface area contributed by atoms with Crippen LogP contribution in [-0.4, -0.2) is 38.6 Å². The minimum atomic E-state index is -0.198. The summed E-state index contributed by atoms with van der Waals surface area (Å²) >= 11 is 1.12. The molecule has 1 N–H and O–H groups in total. The highest BCUT2D eigenvalue weighted by Crippen LogP contribution is 2.21. The molecule has 0 spiro atoms. The Balaban J connectivity index is 1.63. The highest BCUT2D eigenvalue weighted by atomic mass is 32.1. The van der Waals surface area contributed by atoms with E-state index in [1.54, 1.807) is 12.4 Å². The number of carbonyl (C=O) groups excluding carboxylic acids is 1. The molecule has 7 nitrogen and oxygen atoms in total. The molecule has 0 aromatic carbocycles. The second-order valence-electron chi connectivity index (χ2n) is 6.19.